The topological polar surface area (TPSA) is 99.7 Å². The lowest BCUT2D eigenvalue weighted by atomic mass is 10.1. The zero-order valence-electron chi connectivity index (χ0n) is 16.6. The van der Waals surface area contributed by atoms with Crippen LogP contribution in [0.5, 0.6) is 5.75 Å². The Kier molecular flexibility index (Phi) is 5.91. The molecule has 0 atom stereocenters. The molecule has 160 valence electrons. The van der Waals surface area contributed by atoms with Crippen LogP contribution in [0.3, 0.4) is 0 Å². The maximum Gasteiger partial charge on any atom is 0.337 e. The molecule has 0 radical (unpaired) electrons. The van der Waals surface area contributed by atoms with Gasteiger partial charge in [0.25, 0.3) is 5.91 Å². The van der Waals surface area contributed by atoms with Crippen molar-refractivity contribution in [2.24, 2.45) is 0 Å². The van der Waals surface area contributed by atoms with Crippen molar-refractivity contribution in [1.82, 2.24) is 4.98 Å². The molecule has 32 heavy (non-hydrogen) atoms. The van der Waals surface area contributed by atoms with Gasteiger partial charge in [0, 0.05) is 22.1 Å². The molecule has 0 aliphatic heterocycles. The number of anilines is 2. The number of carboxylic acid groups (broad SMARTS) is 1. The molecule has 0 bridgehead atoms. The first-order chi connectivity index (χ1) is 15.5. The van der Waals surface area contributed by atoms with Crippen molar-refractivity contribution in [2.45, 2.75) is 6.61 Å². The van der Waals surface area contributed by atoms with Crippen LogP contribution in [-0.4, -0.2) is 28.3 Å². The van der Waals surface area contributed by atoms with E-state index in [9.17, 15) is 19.5 Å². The Bertz CT molecular complexity index is 1320. The molecule has 7 nitrogen and oxygen atoms in total. The maximum absolute atomic E-state index is 12.6. The van der Waals surface area contributed by atoms with Gasteiger partial charge in [0.15, 0.2) is 0 Å². The number of aldehydes is 1. The highest BCUT2D eigenvalue weighted by molar-refractivity contribution is 6.35. The van der Waals surface area contributed by atoms with E-state index in [4.69, 9.17) is 16.3 Å². The third-order valence-corrected chi connectivity index (χ3v) is 5.11. The maximum atomic E-state index is 12.6. The third-order valence-electron chi connectivity index (χ3n) is 4.87. The van der Waals surface area contributed by atoms with E-state index in [1.54, 1.807) is 18.2 Å². The van der Waals surface area contributed by atoms with Crippen LogP contribution >= 0.6 is 11.6 Å². The molecule has 1 amide bonds. The highest BCUT2D eigenvalue weighted by Gasteiger charge is 2.26. The van der Waals surface area contributed by atoms with Crippen molar-refractivity contribution < 1.29 is 24.2 Å². The first kappa shape index (κ1) is 21.1. The van der Waals surface area contributed by atoms with Gasteiger partial charge in [-0.15, -0.1) is 0 Å². The van der Waals surface area contributed by atoms with Gasteiger partial charge in [-0.05, 0) is 42.0 Å². The smallest absolute Gasteiger partial charge is 0.337 e. The summed E-state index contributed by atoms with van der Waals surface area (Å²) in [6, 6.07) is 19.0. The molecule has 0 saturated heterocycles. The number of benzene rings is 3. The number of aromatic carboxylic acids is 1. The lowest BCUT2D eigenvalue weighted by Crippen LogP contribution is -2.28. The fourth-order valence-corrected chi connectivity index (χ4v) is 3.57. The van der Waals surface area contributed by atoms with Gasteiger partial charge < -0.3 is 14.8 Å². The molecule has 0 saturated carbocycles. The van der Waals surface area contributed by atoms with E-state index >= 15 is 0 Å². The van der Waals surface area contributed by atoms with Crippen LogP contribution in [0.4, 0.5) is 11.4 Å². The SMILES string of the molecule is O=CC(=O)N(c1ccc(Cl)cc1C(=O)O)c1c[nH]c2ccc(OCc3ccccc3)cc12. The molecule has 4 aromatic rings. The van der Waals surface area contributed by atoms with Crippen LogP contribution in [0.2, 0.25) is 5.02 Å². The monoisotopic (exact) mass is 448 g/mol. The Morgan fingerprint density at radius 1 is 1.03 bits per heavy atom. The molecule has 2 N–H and O–H groups in total. The van der Waals surface area contributed by atoms with Crippen molar-refractivity contribution in [2.75, 3.05) is 4.90 Å². The van der Waals surface area contributed by atoms with Crippen molar-refractivity contribution in [3.63, 3.8) is 0 Å². The molecule has 3 aromatic carbocycles. The lowest BCUT2D eigenvalue weighted by molar-refractivity contribution is -0.129. The standard InChI is InChI=1S/C24H17ClN2O5/c25-16-6-9-21(19(10-16)24(30)31)27(23(29)13-28)22-12-26-20-8-7-17(11-18(20)22)32-14-15-4-2-1-3-5-15/h1-13,26H,14H2,(H,30,31). The molecule has 8 heteroatoms. The Balaban J connectivity index is 1.78. The lowest BCUT2D eigenvalue weighted by Gasteiger charge is -2.22. The van der Waals surface area contributed by atoms with E-state index in [-0.39, 0.29) is 22.6 Å². The summed E-state index contributed by atoms with van der Waals surface area (Å²) in [6.07, 6.45) is 1.67. The number of aromatic amines is 1. The van der Waals surface area contributed by atoms with Crippen LogP contribution in [-0.2, 0) is 16.2 Å². The Morgan fingerprint density at radius 2 is 1.81 bits per heavy atom. The summed E-state index contributed by atoms with van der Waals surface area (Å²) in [7, 11) is 0. The van der Waals surface area contributed by atoms with Gasteiger partial charge in [-0.25, -0.2) is 4.79 Å². The minimum absolute atomic E-state index is 0.0236. The van der Waals surface area contributed by atoms with E-state index in [2.05, 4.69) is 4.98 Å². The predicted molar refractivity (Wildman–Crippen MR) is 121 cm³/mol. The molecule has 0 unspecified atom stereocenters. The molecular formula is C24H17ClN2O5. The second-order valence-electron chi connectivity index (χ2n) is 6.91. The van der Waals surface area contributed by atoms with E-state index in [1.165, 1.54) is 24.4 Å². The Labute approximate surface area is 187 Å². The van der Waals surface area contributed by atoms with E-state index in [1.807, 2.05) is 30.3 Å². The first-order valence-corrected chi connectivity index (χ1v) is 9.95. The fraction of sp³-hybridized carbons (Fsp3) is 0.0417. The molecule has 0 aliphatic carbocycles. The number of hydrogen-bond donors (Lipinski definition) is 2. The normalized spacial score (nSPS) is 10.7. The number of carbonyl (C=O) groups excluding carboxylic acids is 2. The Hall–Kier alpha value is -4.10. The summed E-state index contributed by atoms with van der Waals surface area (Å²) in [5.74, 6) is -1.65. The summed E-state index contributed by atoms with van der Waals surface area (Å²) in [6.45, 7) is 0.351. The molecular weight excluding hydrogens is 432 g/mol. The molecule has 1 heterocycles. The minimum Gasteiger partial charge on any atom is -0.489 e. The van der Waals surface area contributed by atoms with E-state index in [0.29, 0.717) is 28.9 Å². The van der Waals surface area contributed by atoms with Crippen LogP contribution in [0.25, 0.3) is 10.9 Å². The number of amides is 1. The number of carboxylic acids is 1. The van der Waals surface area contributed by atoms with Crippen LogP contribution < -0.4 is 9.64 Å². The van der Waals surface area contributed by atoms with Gasteiger partial charge in [0.2, 0.25) is 6.29 Å². The fourth-order valence-electron chi connectivity index (χ4n) is 3.40. The number of nitrogens with one attached hydrogen (secondary N) is 1. The number of nitrogens with zero attached hydrogens (tertiary/aromatic N) is 1. The molecule has 1 aromatic heterocycles. The Morgan fingerprint density at radius 3 is 2.53 bits per heavy atom. The summed E-state index contributed by atoms with van der Waals surface area (Å²) in [5.41, 5.74) is 1.80. The van der Waals surface area contributed by atoms with Gasteiger partial charge in [-0.1, -0.05) is 41.9 Å². The van der Waals surface area contributed by atoms with Gasteiger partial charge in [0.05, 0.1) is 16.9 Å². The average Bonchev–Trinajstić information content (AvgIpc) is 3.22. The highest BCUT2D eigenvalue weighted by atomic mass is 35.5. The predicted octanol–water partition coefficient (Wildman–Crippen LogP) is 4.96. The zero-order chi connectivity index (χ0) is 22.7. The van der Waals surface area contributed by atoms with Gasteiger partial charge in [0.1, 0.15) is 12.4 Å². The van der Waals surface area contributed by atoms with Crippen LogP contribution in [0.1, 0.15) is 15.9 Å². The third kappa shape index (κ3) is 4.19. The highest BCUT2D eigenvalue weighted by Crippen LogP contribution is 2.37. The number of carbonyl (C=O) groups is 3. The van der Waals surface area contributed by atoms with Crippen molar-refractivity contribution in [3.8, 4) is 5.75 Å². The van der Waals surface area contributed by atoms with Gasteiger partial charge >= 0.3 is 5.97 Å². The number of ether oxygens (including phenoxy) is 1. The summed E-state index contributed by atoms with van der Waals surface area (Å²) in [4.78, 5) is 39.9. The van der Waals surface area contributed by atoms with E-state index < -0.39 is 11.9 Å². The number of fused-ring (bicyclic) bond motifs is 1. The second kappa shape index (κ2) is 8.95. The molecule has 4 rings (SSSR count). The molecule has 0 fully saturated rings. The largest absolute Gasteiger partial charge is 0.489 e. The quantitative estimate of drug-likeness (QED) is 0.307. The first-order valence-electron chi connectivity index (χ1n) is 9.58. The van der Waals surface area contributed by atoms with Crippen molar-refractivity contribution >= 4 is 52.0 Å². The average molecular weight is 449 g/mol. The number of H-pyrrole nitrogens is 1. The van der Waals surface area contributed by atoms with Crippen LogP contribution in [0, 0.1) is 0 Å². The van der Waals surface area contributed by atoms with Gasteiger partial charge in [-0.2, -0.15) is 0 Å². The molecule has 0 aliphatic rings. The zero-order valence-corrected chi connectivity index (χ0v) is 17.4. The second-order valence-corrected chi connectivity index (χ2v) is 7.35. The van der Waals surface area contributed by atoms with Gasteiger partial charge in [-0.3, -0.25) is 14.5 Å². The number of rotatable bonds is 7. The summed E-state index contributed by atoms with van der Waals surface area (Å²) < 4.78 is 5.88. The van der Waals surface area contributed by atoms with Crippen molar-refractivity contribution in [3.05, 3.63) is 89.1 Å². The summed E-state index contributed by atoms with van der Waals surface area (Å²) in [5, 5.41) is 10.4. The number of halogens is 1. The minimum atomic E-state index is -1.28. The number of hydrogen-bond acceptors (Lipinski definition) is 4. The summed E-state index contributed by atoms with van der Waals surface area (Å²) >= 11 is 5.95. The number of aromatic nitrogens is 1. The molecule has 0 spiro atoms. The van der Waals surface area contributed by atoms with Crippen molar-refractivity contribution in [1.29, 1.82) is 0 Å². The van der Waals surface area contributed by atoms with Crippen LogP contribution in [0.15, 0.2) is 72.9 Å². The van der Waals surface area contributed by atoms with E-state index in [0.717, 1.165) is 10.5 Å².